The van der Waals surface area contributed by atoms with E-state index in [1.165, 1.54) is 0 Å². The summed E-state index contributed by atoms with van der Waals surface area (Å²) in [6, 6.07) is 6.18. The molecular weight excluding hydrogens is 347 g/mol. The van der Waals surface area contributed by atoms with Gasteiger partial charge in [0.05, 0.1) is 10.5 Å². The van der Waals surface area contributed by atoms with E-state index in [1.54, 1.807) is 0 Å². The number of benzene rings is 1. The average Bonchev–Trinajstić information content (AvgIpc) is 2.30. The van der Waals surface area contributed by atoms with Crippen LogP contribution < -0.4 is 5.32 Å². The lowest BCUT2D eigenvalue weighted by Crippen LogP contribution is -2.00. The Hall–Kier alpha value is -0.550. The third-order valence-corrected chi connectivity index (χ3v) is 3.53. The van der Waals surface area contributed by atoms with Crippen molar-refractivity contribution in [2.24, 2.45) is 0 Å². The third kappa shape index (κ3) is 2.65. The first-order valence-electron chi connectivity index (χ1n) is 5.68. The minimum absolute atomic E-state index is 0.723. The van der Waals surface area contributed by atoms with Gasteiger partial charge in [-0.25, -0.2) is 0 Å². The Labute approximate surface area is 120 Å². The van der Waals surface area contributed by atoms with Crippen LogP contribution in [-0.4, -0.2) is 11.5 Å². The number of aryl methyl sites for hydroxylation is 1. The lowest BCUT2D eigenvalue weighted by atomic mass is 10.1. The molecule has 0 spiro atoms. The van der Waals surface area contributed by atoms with Gasteiger partial charge in [0, 0.05) is 26.9 Å². The van der Waals surface area contributed by atoms with E-state index >= 15 is 0 Å². The molecule has 0 saturated heterocycles. The molecule has 0 saturated carbocycles. The molecule has 4 heteroatoms. The van der Waals surface area contributed by atoms with Crippen molar-refractivity contribution in [1.82, 2.24) is 4.98 Å². The number of hydrogen-bond acceptors (Lipinski definition) is 2. The number of anilines is 1. The second-order valence-electron chi connectivity index (χ2n) is 3.83. The lowest BCUT2D eigenvalue weighted by Gasteiger charge is -2.11. The second kappa shape index (κ2) is 5.40. The van der Waals surface area contributed by atoms with Gasteiger partial charge in [0.2, 0.25) is 0 Å². The van der Waals surface area contributed by atoms with Crippen LogP contribution in [0.5, 0.6) is 0 Å². The van der Waals surface area contributed by atoms with Crippen molar-refractivity contribution in [2.45, 2.75) is 20.3 Å². The van der Waals surface area contributed by atoms with Gasteiger partial charge >= 0.3 is 0 Å². The zero-order valence-corrected chi connectivity index (χ0v) is 12.8. The molecule has 90 valence electrons. The summed E-state index contributed by atoms with van der Waals surface area (Å²) in [4.78, 5) is 4.60. The smallest absolute Gasteiger partial charge is 0.0912 e. The van der Waals surface area contributed by atoms with E-state index in [2.05, 4.69) is 58.9 Å². The number of pyridine rings is 1. The van der Waals surface area contributed by atoms with Crippen molar-refractivity contribution in [1.29, 1.82) is 0 Å². The predicted octanol–water partition coefficient (Wildman–Crippen LogP) is 4.49. The van der Waals surface area contributed by atoms with E-state index in [0.717, 1.165) is 43.8 Å². The highest BCUT2D eigenvalue weighted by Gasteiger charge is 2.09. The third-order valence-electron chi connectivity index (χ3n) is 2.61. The standard InChI is InChI=1S/C13H14ClIN2/c1-3-9-7-12(16-4-2)10-5-8(15)6-11(14)13(10)17-9/h5-7H,3-4H2,1-2H3,(H,16,17). The fraction of sp³-hybridized carbons (Fsp3) is 0.308. The Bertz CT molecular complexity index is 555. The van der Waals surface area contributed by atoms with E-state index < -0.39 is 0 Å². The van der Waals surface area contributed by atoms with Crippen molar-refractivity contribution in [3.8, 4) is 0 Å². The van der Waals surface area contributed by atoms with Crippen LogP contribution in [0, 0.1) is 3.57 Å². The fourth-order valence-corrected chi connectivity index (χ4v) is 2.89. The largest absolute Gasteiger partial charge is 0.385 e. The molecule has 0 aliphatic carbocycles. The fourth-order valence-electron chi connectivity index (χ4n) is 1.82. The van der Waals surface area contributed by atoms with Crippen LogP contribution in [0.1, 0.15) is 19.5 Å². The molecule has 0 radical (unpaired) electrons. The quantitative estimate of drug-likeness (QED) is 0.816. The van der Waals surface area contributed by atoms with Crippen LogP contribution >= 0.6 is 34.2 Å². The highest BCUT2D eigenvalue weighted by atomic mass is 127. The summed E-state index contributed by atoms with van der Waals surface area (Å²) >= 11 is 8.54. The van der Waals surface area contributed by atoms with Gasteiger partial charge in [-0.3, -0.25) is 4.98 Å². The summed E-state index contributed by atoms with van der Waals surface area (Å²) in [5.41, 5.74) is 3.08. The zero-order valence-electron chi connectivity index (χ0n) is 9.85. The molecule has 17 heavy (non-hydrogen) atoms. The van der Waals surface area contributed by atoms with Crippen LogP contribution in [0.4, 0.5) is 5.69 Å². The van der Waals surface area contributed by atoms with Gasteiger partial charge in [0.1, 0.15) is 0 Å². The molecule has 1 heterocycles. The van der Waals surface area contributed by atoms with Gasteiger partial charge in [0.25, 0.3) is 0 Å². The Balaban J connectivity index is 2.76. The number of hydrogen-bond donors (Lipinski definition) is 1. The van der Waals surface area contributed by atoms with E-state index in [1.807, 2.05) is 6.07 Å². The lowest BCUT2D eigenvalue weighted by molar-refractivity contribution is 1.05. The molecule has 2 rings (SSSR count). The molecule has 1 N–H and O–H groups in total. The van der Waals surface area contributed by atoms with Crippen molar-refractivity contribution in [2.75, 3.05) is 11.9 Å². The number of rotatable bonds is 3. The molecule has 1 aromatic heterocycles. The van der Waals surface area contributed by atoms with Crippen molar-refractivity contribution in [3.05, 3.63) is 32.5 Å². The number of nitrogens with one attached hydrogen (secondary N) is 1. The Morgan fingerprint density at radius 2 is 2.06 bits per heavy atom. The SMILES string of the molecule is CCNc1cc(CC)nc2c(Cl)cc(I)cc12. The van der Waals surface area contributed by atoms with Gasteiger partial charge < -0.3 is 5.32 Å². The maximum atomic E-state index is 6.27. The summed E-state index contributed by atoms with van der Waals surface area (Å²) < 4.78 is 1.13. The first-order chi connectivity index (χ1) is 8.15. The van der Waals surface area contributed by atoms with Gasteiger partial charge in [-0.15, -0.1) is 0 Å². The van der Waals surface area contributed by atoms with E-state index in [4.69, 9.17) is 11.6 Å². The Morgan fingerprint density at radius 1 is 1.29 bits per heavy atom. The molecule has 0 aliphatic heterocycles. The van der Waals surface area contributed by atoms with E-state index in [0.29, 0.717) is 0 Å². The number of halogens is 2. The Kier molecular flexibility index (Phi) is 4.09. The molecule has 2 nitrogen and oxygen atoms in total. The molecule has 2 aromatic rings. The summed E-state index contributed by atoms with van der Waals surface area (Å²) in [5.74, 6) is 0. The van der Waals surface area contributed by atoms with Crippen LogP contribution in [0.2, 0.25) is 5.02 Å². The maximum absolute atomic E-state index is 6.27. The molecule has 0 bridgehead atoms. The van der Waals surface area contributed by atoms with E-state index in [9.17, 15) is 0 Å². The number of aromatic nitrogens is 1. The molecule has 0 atom stereocenters. The maximum Gasteiger partial charge on any atom is 0.0912 e. The molecule has 1 aromatic carbocycles. The van der Waals surface area contributed by atoms with Crippen LogP contribution in [0.25, 0.3) is 10.9 Å². The Morgan fingerprint density at radius 3 is 2.71 bits per heavy atom. The summed E-state index contributed by atoms with van der Waals surface area (Å²) in [6.45, 7) is 5.09. The van der Waals surface area contributed by atoms with Gasteiger partial charge in [0.15, 0.2) is 0 Å². The van der Waals surface area contributed by atoms with Gasteiger partial charge in [-0.2, -0.15) is 0 Å². The molecule has 0 fully saturated rings. The van der Waals surface area contributed by atoms with Crippen LogP contribution in [0.3, 0.4) is 0 Å². The number of nitrogens with zero attached hydrogens (tertiary/aromatic N) is 1. The molecule has 0 amide bonds. The summed E-state index contributed by atoms with van der Waals surface area (Å²) in [6.07, 6.45) is 0.913. The highest BCUT2D eigenvalue weighted by Crippen LogP contribution is 2.30. The summed E-state index contributed by atoms with van der Waals surface area (Å²) in [5, 5.41) is 5.20. The topological polar surface area (TPSA) is 24.9 Å². The molecule has 0 aliphatic rings. The normalized spacial score (nSPS) is 10.8. The van der Waals surface area contributed by atoms with Crippen molar-refractivity contribution < 1.29 is 0 Å². The van der Waals surface area contributed by atoms with Gasteiger partial charge in [-0.1, -0.05) is 18.5 Å². The first kappa shape index (κ1) is 12.9. The second-order valence-corrected chi connectivity index (χ2v) is 5.48. The highest BCUT2D eigenvalue weighted by molar-refractivity contribution is 14.1. The number of fused-ring (bicyclic) bond motifs is 1. The van der Waals surface area contributed by atoms with Crippen LogP contribution in [0.15, 0.2) is 18.2 Å². The monoisotopic (exact) mass is 360 g/mol. The van der Waals surface area contributed by atoms with Crippen molar-refractivity contribution >= 4 is 50.8 Å². The average molecular weight is 361 g/mol. The van der Waals surface area contributed by atoms with Crippen LogP contribution in [-0.2, 0) is 6.42 Å². The first-order valence-corrected chi connectivity index (χ1v) is 7.14. The predicted molar refractivity (Wildman–Crippen MR) is 83.0 cm³/mol. The minimum Gasteiger partial charge on any atom is -0.385 e. The minimum atomic E-state index is 0.723. The summed E-state index contributed by atoms with van der Waals surface area (Å²) in [7, 11) is 0. The van der Waals surface area contributed by atoms with E-state index in [-0.39, 0.29) is 0 Å². The van der Waals surface area contributed by atoms with Gasteiger partial charge in [-0.05, 0) is 54.1 Å². The molecule has 0 unspecified atom stereocenters. The molecular formula is C13H14ClIN2. The van der Waals surface area contributed by atoms with Crippen molar-refractivity contribution in [3.63, 3.8) is 0 Å². The zero-order chi connectivity index (χ0) is 12.4.